The Labute approximate surface area is 565 Å². The highest BCUT2D eigenvalue weighted by Crippen LogP contribution is 2.53. The van der Waals surface area contributed by atoms with E-state index >= 15 is 0 Å². The predicted octanol–water partition coefficient (Wildman–Crippen LogP) is 26.9. The number of hydrogen-bond acceptors (Lipinski definition) is 2. The summed E-state index contributed by atoms with van der Waals surface area (Å²) in [4.78, 5) is 0. The first-order valence-corrected chi connectivity index (χ1v) is 43.5. The van der Waals surface area contributed by atoms with Crippen LogP contribution in [0.25, 0.3) is 0 Å². The lowest BCUT2D eigenvalue weighted by molar-refractivity contribution is 0.0567. The summed E-state index contributed by atoms with van der Waals surface area (Å²) >= 11 is 0. The topological polar surface area (TPSA) is 52.0 Å². The second-order valence-corrected chi connectivity index (χ2v) is 36.2. The van der Waals surface area contributed by atoms with Crippen molar-refractivity contribution in [2.24, 2.45) is 159 Å². The zero-order chi connectivity index (χ0) is 63.6. The van der Waals surface area contributed by atoms with Gasteiger partial charge in [0.2, 0.25) is 0 Å². The van der Waals surface area contributed by atoms with Crippen LogP contribution in [0.4, 0.5) is 0 Å². The van der Waals surface area contributed by atoms with Crippen LogP contribution in [0.2, 0.25) is 0 Å². The van der Waals surface area contributed by atoms with Crippen LogP contribution in [-0.4, -0.2) is 13.1 Å². The first-order valence-electron chi connectivity index (χ1n) is 43.5. The Kier molecular flexibility index (Phi) is 34.8. The third kappa shape index (κ3) is 22.7. The number of nitrogens with two attached hydrogens (primary N) is 2. The smallest absolute Gasteiger partial charge is 0.00461 e. The molecule has 0 aromatic rings. The SMILES string of the molecule is CCCCCCCCC1C(CC)CCC(CN)C1CCC1CCC(CC)CC1CCC1CCC(CC)CC1CCC1CCC(CC)CC1CCC1CCC(CC)CC1CCC1CCC(CC)CC1CCC1CCC(CC)CC1CCC1CCC(CC)CC1CN. The fraction of sp³-hybridized carbons (Fsp3) is 1.00. The molecule has 0 aromatic heterocycles. The van der Waals surface area contributed by atoms with Crippen LogP contribution in [0, 0.1) is 148 Å². The molecule has 8 aliphatic carbocycles. The summed E-state index contributed by atoms with van der Waals surface area (Å²) in [6.45, 7) is 24.4. The van der Waals surface area contributed by atoms with Gasteiger partial charge in [0, 0.05) is 0 Å². The molecule has 2 heteroatoms. The van der Waals surface area contributed by atoms with Crippen LogP contribution in [0.15, 0.2) is 0 Å². The van der Waals surface area contributed by atoms with E-state index < -0.39 is 0 Å². The van der Waals surface area contributed by atoms with Gasteiger partial charge in [-0.15, -0.1) is 0 Å². The minimum absolute atomic E-state index is 0.787. The zero-order valence-corrected chi connectivity index (χ0v) is 62.8. The van der Waals surface area contributed by atoms with Gasteiger partial charge in [-0.25, -0.2) is 0 Å². The monoisotopic (exact) mass is 1250 g/mol. The Morgan fingerprint density at radius 3 is 0.689 bits per heavy atom. The second-order valence-electron chi connectivity index (χ2n) is 36.2. The first kappa shape index (κ1) is 75.7. The van der Waals surface area contributed by atoms with Crippen LogP contribution < -0.4 is 11.5 Å². The van der Waals surface area contributed by atoms with E-state index in [1.165, 1.54) is 193 Å². The Hall–Kier alpha value is -0.0800. The van der Waals surface area contributed by atoms with Crippen molar-refractivity contribution in [3.63, 3.8) is 0 Å². The van der Waals surface area contributed by atoms with E-state index in [9.17, 15) is 0 Å². The maximum Gasteiger partial charge on any atom is -0.00461 e. The van der Waals surface area contributed by atoms with Crippen LogP contribution in [0.1, 0.15) is 396 Å². The lowest BCUT2D eigenvalue weighted by Gasteiger charge is -2.45. The van der Waals surface area contributed by atoms with Gasteiger partial charge in [0.05, 0.1) is 0 Å². The molecule has 526 valence electrons. The lowest BCUT2D eigenvalue weighted by atomic mass is 9.61. The van der Waals surface area contributed by atoms with Gasteiger partial charge in [-0.05, 0) is 360 Å². The number of rotatable bonds is 38. The minimum atomic E-state index is 0.787. The van der Waals surface area contributed by atoms with Gasteiger partial charge >= 0.3 is 0 Å². The molecule has 25 atom stereocenters. The van der Waals surface area contributed by atoms with E-state index in [2.05, 4.69) is 62.3 Å². The largest absolute Gasteiger partial charge is 0.330 e. The second kappa shape index (κ2) is 41.4. The van der Waals surface area contributed by atoms with E-state index in [4.69, 9.17) is 11.5 Å². The molecular formula is C88H164N2. The van der Waals surface area contributed by atoms with Gasteiger partial charge in [0.25, 0.3) is 0 Å². The number of hydrogen-bond donors (Lipinski definition) is 2. The standard InChI is InChI=1S/C88H164N2/c1-10-19-20-21-22-23-24-87-71(18-9)39-52-85(62-89)88(87)54-53-77-37-30-69(16-7)60-84(77)50-44-75-35-28-67(14-5)58-82(75)48-42-73-33-26-65(12-3)56-80(73)46-40-72-32-25-64(11-2)55-79(72)47-41-74-34-27-66(13-4)57-81(74)49-43-76-36-29-68(15-6)59-83(76)51-45-78-38-31-70(17-8)61-86(78)63-90/h64-88H,10-63,89-90H2,1-9H3. The maximum atomic E-state index is 6.74. The highest BCUT2D eigenvalue weighted by atomic mass is 14.6. The van der Waals surface area contributed by atoms with Crippen molar-refractivity contribution in [3.8, 4) is 0 Å². The summed E-state index contributed by atoms with van der Waals surface area (Å²) in [6, 6.07) is 0. The highest BCUT2D eigenvalue weighted by molar-refractivity contribution is 4.93. The predicted molar refractivity (Wildman–Crippen MR) is 397 cm³/mol. The van der Waals surface area contributed by atoms with E-state index in [1.54, 1.807) is 141 Å². The minimum Gasteiger partial charge on any atom is -0.330 e. The molecule has 0 aromatic carbocycles. The van der Waals surface area contributed by atoms with Crippen molar-refractivity contribution in [3.05, 3.63) is 0 Å². The van der Waals surface area contributed by atoms with Gasteiger partial charge in [-0.2, -0.15) is 0 Å². The van der Waals surface area contributed by atoms with E-state index in [-0.39, 0.29) is 0 Å². The zero-order valence-electron chi connectivity index (χ0n) is 62.8. The first-order chi connectivity index (χ1) is 44.1. The molecule has 0 saturated heterocycles. The van der Waals surface area contributed by atoms with Crippen molar-refractivity contribution in [2.45, 2.75) is 396 Å². The Morgan fingerprint density at radius 2 is 0.411 bits per heavy atom. The Morgan fingerprint density at radius 1 is 0.189 bits per heavy atom. The van der Waals surface area contributed by atoms with Gasteiger partial charge in [-0.1, -0.05) is 197 Å². The van der Waals surface area contributed by atoms with Crippen molar-refractivity contribution in [1.29, 1.82) is 0 Å². The molecule has 8 aliphatic rings. The fourth-order valence-corrected chi connectivity index (χ4v) is 25.0. The molecule has 0 bridgehead atoms. The third-order valence-corrected chi connectivity index (χ3v) is 31.8. The molecule has 8 rings (SSSR count). The van der Waals surface area contributed by atoms with Gasteiger partial charge in [-0.3, -0.25) is 0 Å². The Bertz CT molecular complexity index is 1820. The summed E-state index contributed by atoms with van der Waals surface area (Å²) in [5.41, 5.74) is 13.3. The quantitative estimate of drug-likeness (QED) is 0.0606. The molecule has 0 aliphatic heterocycles. The normalized spacial score (nSPS) is 40.6. The van der Waals surface area contributed by atoms with E-state index in [0.29, 0.717) is 0 Å². The molecule has 2 nitrogen and oxygen atoms in total. The molecule has 8 fully saturated rings. The molecule has 4 N–H and O–H groups in total. The van der Waals surface area contributed by atoms with Crippen molar-refractivity contribution >= 4 is 0 Å². The lowest BCUT2D eigenvalue weighted by Crippen LogP contribution is -2.38. The molecule has 0 amide bonds. The molecule has 0 spiro atoms. The van der Waals surface area contributed by atoms with Crippen LogP contribution in [-0.2, 0) is 0 Å². The van der Waals surface area contributed by atoms with Gasteiger partial charge < -0.3 is 11.5 Å². The third-order valence-electron chi connectivity index (χ3n) is 31.8. The van der Waals surface area contributed by atoms with Crippen LogP contribution >= 0.6 is 0 Å². The maximum absolute atomic E-state index is 6.74. The highest BCUT2D eigenvalue weighted by Gasteiger charge is 2.42. The van der Waals surface area contributed by atoms with Crippen molar-refractivity contribution in [1.82, 2.24) is 0 Å². The summed E-state index contributed by atoms with van der Waals surface area (Å²) in [5.74, 6) is 24.3. The van der Waals surface area contributed by atoms with Crippen molar-refractivity contribution in [2.75, 3.05) is 13.1 Å². The van der Waals surface area contributed by atoms with Crippen LogP contribution in [0.3, 0.4) is 0 Å². The number of unbranched alkanes of at least 4 members (excludes halogenated alkanes) is 5. The van der Waals surface area contributed by atoms with Gasteiger partial charge in [0.1, 0.15) is 0 Å². The molecule has 0 heterocycles. The average Bonchev–Trinajstić information content (AvgIpc) is 1.29. The van der Waals surface area contributed by atoms with E-state index in [0.717, 1.165) is 161 Å². The van der Waals surface area contributed by atoms with Crippen LogP contribution in [0.5, 0.6) is 0 Å². The van der Waals surface area contributed by atoms with Crippen molar-refractivity contribution < 1.29 is 0 Å². The molecule has 25 unspecified atom stereocenters. The summed E-state index contributed by atoms with van der Waals surface area (Å²) in [5, 5.41) is 0. The summed E-state index contributed by atoms with van der Waals surface area (Å²) in [6.07, 6.45) is 78.4. The molecule has 90 heavy (non-hydrogen) atoms. The summed E-state index contributed by atoms with van der Waals surface area (Å²) < 4.78 is 0. The average molecular weight is 1250 g/mol. The van der Waals surface area contributed by atoms with E-state index in [1.807, 2.05) is 0 Å². The Balaban J connectivity index is 0.857. The molecular weight excluding hydrogens is 1080 g/mol. The van der Waals surface area contributed by atoms with Gasteiger partial charge in [0.15, 0.2) is 0 Å². The summed E-state index contributed by atoms with van der Waals surface area (Å²) in [7, 11) is 0. The molecule has 8 saturated carbocycles. The molecule has 0 radical (unpaired) electrons. The fourth-order valence-electron chi connectivity index (χ4n) is 25.0.